The van der Waals surface area contributed by atoms with Crippen LogP contribution in [0.5, 0.6) is 5.75 Å². The van der Waals surface area contributed by atoms with E-state index in [4.69, 9.17) is 9.88 Å². The molecule has 0 aliphatic carbocycles. The third kappa shape index (κ3) is 4.63. The zero-order valence-corrected chi connectivity index (χ0v) is 16.7. The highest BCUT2D eigenvalue weighted by Gasteiger charge is 2.16. The van der Waals surface area contributed by atoms with Crippen molar-refractivity contribution in [3.05, 3.63) is 52.8 Å². The number of benzene rings is 2. The van der Waals surface area contributed by atoms with E-state index in [9.17, 15) is 12.8 Å². The van der Waals surface area contributed by atoms with Gasteiger partial charge in [-0.3, -0.25) is 0 Å². The normalized spacial score (nSPS) is 13.0. The van der Waals surface area contributed by atoms with Gasteiger partial charge in [-0.2, -0.15) is 0 Å². The van der Waals surface area contributed by atoms with Crippen LogP contribution in [-0.2, 0) is 16.4 Å². The zero-order valence-electron chi connectivity index (χ0n) is 15.1. The Morgan fingerprint density at radius 1 is 1.26 bits per heavy atom. The summed E-state index contributed by atoms with van der Waals surface area (Å²) in [6.07, 6.45) is 2.15. The molecule has 1 unspecified atom stereocenters. The van der Waals surface area contributed by atoms with E-state index in [2.05, 4.69) is 11.9 Å². The molecule has 3 aromatic rings. The molecule has 5 nitrogen and oxygen atoms in total. The summed E-state index contributed by atoms with van der Waals surface area (Å²) in [6.45, 7) is 2.07. The topological polar surface area (TPSA) is 82.3 Å². The van der Waals surface area contributed by atoms with E-state index in [0.717, 1.165) is 28.1 Å². The van der Waals surface area contributed by atoms with E-state index in [1.165, 1.54) is 36.6 Å². The van der Waals surface area contributed by atoms with Gasteiger partial charge in [0.15, 0.2) is 0 Å². The molecule has 0 saturated heterocycles. The Morgan fingerprint density at radius 3 is 2.74 bits per heavy atom. The lowest BCUT2D eigenvalue weighted by Crippen LogP contribution is -2.14. The minimum Gasteiger partial charge on any atom is -0.497 e. The second kappa shape index (κ2) is 7.92. The number of aromatic nitrogens is 1. The first-order chi connectivity index (χ1) is 12.8. The highest BCUT2D eigenvalue weighted by Crippen LogP contribution is 2.31. The number of primary sulfonamides is 1. The molecule has 0 spiro atoms. The molecule has 0 aliphatic heterocycles. The monoisotopic (exact) mass is 408 g/mol. The molecule has 3 rings (SSSR count). The van der Waals surface area contributed by atoms with Crippen LogP contribution in [0, 0.1) is 5.82 Å². The minimum atomic E-state index is -3.78. The van der Waals surface area contributed by atoms with Crippen LogP contribution < -0.4 is 9.88 Å². The summed E-state index contributed by atoms with van der Waals surface area (Å²) in [6, 6.07) is 9.38. The standard InChI is InChI=1S/C19H21FN2O3S2/c1-12(19-22-16-8-6-14(20)11-17(16)26-19)4-3-5-13-10-15(25-2)7-9-18(13)27(21,23)24/h6-12H,3-5H2,1-2H3,(H2,21,23,24). The average Bonchev–Trinajstić information content (AvgIpc) is 3.03. The Morgan fingerprint density at radius 2 is 2.04 bits per heavy atom. The van der Waals surface area contributed by atoms with E-state index in [1.54, 1.807) is 18.2 Å². The number of nitrogens with two attached hydrogens (primary N) is 1. The summed E-state index contributed by atoms with van der Waals surface area (Å²) in [5, 5.41) is 6.27. The van der Waals surface area contributed by atoms with Crippen molar-refractivity contribution in [1.82, 2.24) is 4.98 Å². The smallest absolute Gasteiger partial charge is 0.238 e. The fourth-order valence-corrected chi connectivity index (χ4v) is 4.87. The number of nitrogens with zero attached hydrogens (tertiary/aromatic N) is 1. The number of thiazole rings is 1. The van der Waals surface area contributed by atoms with Gasteiger partial charge in [-0.15, -0.1) is 11.3 Å². The molecule has 0 aliphatic rings. The molecule has 2 N–H and O–H groups in total. The highest BCUT2D eigenvalue weighted by molar-refractivity contribution is 7.89. The summed E-state index contributed by atoms with van der Waals surface area (Å²) in [5.74, 6) is 0.520. The maximum absolute atomic E-state index is 13.3. The molecule has 144 valence electrons. The van der Waals surface area contributed by atoms with Crippen molar-refractivity contribution < 1.29 is 17.5 Å². The molecule has 8 heteroatoms. The van der Waals surface area contributed by atoms with Crippen LogP contribution in [0.4, 0.5) is 4.39 Å². The number of hydrogen-bond donors (Lipinski definition) is 1. The quantitative estimate of drug-likeness (QED) is 0.635. The Bertz CT molecular complexity index is 1060. The van der Waals surface area contributed by atoms with Gasteiger partial charge in [-0.05, 0) is 61.2 Å². The van der Waals surface area contributed by atoms with Crippen molar-refractivity contribution in [2.75, 3.05) is 7.11 Å². The lowest BCUT2D eigenvalue weighted by Gasteiger charge is -2.12. The van der Waals surface area contributed by atoms with Crippen LogP contribution in [-0.4, -0.2) is 20.5 Å². The summed E-state index contributed by atoms with van der Waals surface area (Å²) in [7, 11) is -2.25. The maximum atomic E-state index is 13.3. The van der Waals surface area contributed by atoms with E-state index in [1.807, 2.05) is 0 Å². The SMILES string of the molecule is COc1ccc(S(N)(=O)=O)c(CCCC(C)c2nc3ccc(F)cc3s2)c1. The van der Waals surface area contributed by atoms with Crippen LogP contribution in [0.2, 0.25) is 0 Å². The second-order valence-electron chi connectivity index (χ2n) is 6.48. The molecular formula is C19H21FN2O3S2. The molecule has 0 bridgehead atoms. The van der Waals surface area contributed by atoms with Crippen molar-refractivity contribution in [2.24, 2.45) is 5.14 Å². The first-order valence-electron chi connectivity index (χ1n) is 8.53. The van der Waals surface area contributed by atoms with Crippen LogP contribution >= 0.6 is 11.3 Å². The molecule has 1 heterocycles. The van der Waals surface area contributed by atoms with Crippen molar-refractivity contribution >= 4 is 31.6 Å². The summed E-state index contributed by atoms with van der Waals surface area (Å²) >= 11 is 1.49. The van der Waals surface area contributed by atoms with Crippen LogP contribution in [0.1, 0.15) is 36.3 Å². The van der Waals surface area contributed by atoms with Gasteiger partial charge < -0.3 is 4.74 Å². The van der Waals surface area contributed by atoms with E-state index < -0.39 is 10.0 Å². The highest BCUT2D eigenvalue weighted by atomic mass is 32.2. The van der Waals surface area contributed by atoms with E-state index in [0.29, 0.717) is 17.7 Å². The summed E-state index contributed by atoms with van der Waals surface area (Å²) < 4.78 is 43.0. The van der Waals surface area contributed by atoms with Crippen LogP contribution in [0.25, 0.3) is 10.2 Å². The predicted molar refractivity (Wildman–Crippen MR) is 105 cm³/mol. The molecule has 0 radical (unpaired) electrons. The molecular weight excluding hydrogens is 387 g/mol. The van der Waals surface area contributed by atoms with Crippen molar-refractivity contribution in [3.63, 3.8) is 0 Å². The molecule has 1 aromatic heterocycles. The van der Waals surface area contributed by atoms with Crippen molar-refractivity contribution in [1.29, 1.82) is 0 Å². The molecule has 0 amide bonds. The number of aryl methyl sites for hydroxylation is 1. The lowest BCUT2D eigenvalue weighted by molar-refractivity contribution is 0.413. The predicted octanol–water partition coefficient (Wildman–Crippen LogP) is 4.22. The lowest BCUT2D eigenvalue weighted by atomic mass is 10.0. The zero-order chi connectivity index (χ0) is 19.6. The van der Waals surface area contributed by atoms with Gasteiger partial charge in [0.05, 0.1) is 27.2 Å². The number of halogens is 1. The molecule has 27 heavy (non-hydrogen) atoms. The number of ether oxygens (including phenoxy) is 1. The van der Waals surface area contributed by atoms with Gasteiger partial charge in [-0.1, -0.05) is 6.92 Å². The third-order valence-corrected chi connectivity index (χ3v) is 6.71. The van der Waals surface area contributed by atoms with Gasteiger partial charge in [0, 0.05) is 5.92 Å². The van der Waals surface area contributed by atoms with E-state index >= 15 is 0 Å². The van der Waals surface area contributed by atoms with Crippen LogP contribution in [0.3, 0.4) is 0 Å². The molecule has 0 saturated carbocycles. The van der Waals surface area contributed by atoms with Crippen molar-refractivity contribution in [2.45, 2.75) is 37.0 Å². The Labute approximate surface area is 162 Å². The molecule has 2 aromatic carbocycles. The number of rotatable bonds is 7. The summed E-state index contributed by atoms with van der Waals surface area (Å²) in [4.78, 5) is 4.71. The minimum absolute atomic E-state index is 0.131. The van der Waals surface area contributed by atoms with Crippen molar-refractivity contribution in [3.8, 4) is 5.75 Å². The van der Waals surface area contributed by atoms with Gasteiger partial charge in [0.1, 0.15) is 11.6 Å². The Balaban J connectivity index is 1.71. The number of fused-ring (bicyclic) bond motifs is 1. The molecule has 0 fully saturated rings. The summed E-state index contributed by atoms with van der Waals surface area (Å²) in [5.41, 5.74) is 1.45. The van der Waals surface area contributed by atoms with Gasteiger partial charge in [-0.25, -0.2) is 22.9 Å². The van der Waals surface area contributed by atoms with Gasteiger partial charge in [0.2, 0.25) is 10.0 Å². The average molecular weight is 409 g/mol. The first kappa shape index (κ1) is 19.7. The fourth-order valence-electron chi connectivity index (χ4n) is 3.00. The first-order valence-corrected chi connectivity index (χ1v) is 10.9. The largest absolute Gasteiger partial charge is 0.497 e. The fraction of sp³-hybridized carbons (Fsp3) is 0.316. The number of methoxy groups -OCH3 is 1. The van der Waals surface area contributed by atoms with E-state index in [-0.39, 0.29) is 16.6 Å². The maximum Gasteiger partial charge on any atom is 0.238 e. The number of sulfonamides is 1. The second-order valence-corrected chi connectivity index (χ2v) is 9.07. The Kier molecular flexibility index (Phi) is 5.78. The molecule has 1 atom stereocenters. The third-order valence-electron chi connectivity index (χ3n) is 4.45. The van der Waals surface area contributed by atoms with Gasteiger partial charge >= 0.3 is 0 Å². The number of hydrogen-bond acceptors (Lipinski definition) is 5. The Hall–Kier alpha value is -2.03. The van der Waals surface area contributed by atoms with Gasteiger partial charge in [0.25, 0.3) is 0 Å². The van der Waals surface area contributed by atoms with Crippen LogP contribution in [0.15, 0.2) is 41.3 Å².